The van der Waals surface area contributed by atoms with Crippen LogP contribution >= 0.6 is 23.2 Å². The van der Waals surface area contributed by atoms with Crippen molar-refractivity contribution < 1.29 is 41.0 Å². The van der Waals surface area contributed by atoms with Crippen LogP contribution in [0.3, 0.4) is 0 Å². The number of carbonyl (C=O) groups excluding carboxylic acids is 1. The molecule has 3 atom stereocenters. The molecule has 6 nitrogen and oxygen atoms in total. The molecule has 2 fully saturated rings. The minimum atomic E-state index is -4.96. The number of alkyl halides is 6. The third-order valence-electron chi connectivity index (χ3n) is 7.47. The Balaban J connectivity index is 1.66. The number of aliphatic carboxylic acids is 1. The molecular formula is C26H21Cl2F6N3O3. The van der Waals surface area contributed by atoms with Gasteiger partial charge < -0.3 is 14.9 Å². The maximum absolute atomic E-state index is 14.3. The van der Waals surface area contributed by atoms with E-state index in [1.54, 1.807) is 4.90 Å². The summed E-state index contributed by atoms with van der Waals surface area (Å²) in [6.45, 7) is 0.197. The van der Waals surface area contributed by atoms with Gasteiger partial charge in [0.1, 0.15) is 6.07 Å². The molecule has 2 saturated heterocycles. The maximum Gasteiger partial charge on any atom is 0.416 e. The molecule has 0 aromatic heterocycles. The van der Waals surface area contributed by atoms with Crippen molar-refractivity contribution in [2.45, 2.75) is 43.2 Å². The second-order valence-corrected chi connectivity index (χ2v) is 10.5. The van der Waals surface area contributed by atoms with Crippen LogP contribution < -0.4 is 4.90 Å². The SMILES string of the molecule is N#C[C@]1(C(=O)O)CC(C(F)(F)F)[C@H](c2ccccc2Cl)N1C(=O)C1CCN(c2ccc(C(F)(F)F)cc2Cl)CC1. The van der Waals surface area contributed by atoms with Crippen LogP contribution in [0.15, 0.2) is 42.5 Å². The smallest absolute Gasteiger partial charge is 0.416 e. The van der Waals surface area contributed by atoms with E-state index in [1.165, 1.54) is 36.4 Å². The van der Waals surface area contributed by atoms with E-state index in [9.17, 15) is 46.3 Å². The highest BCUT2D eigenvalue weighted by Gasteiger charge is 2.66. The molecule has 1 unspecified atom stereocenters. The van der Waals surface area contributed by atoms with E-state index in [4.69, 9.17) is 23.2 Å². The number of benzene rings is 2. The molecule has 2 aromatic carbocycles. The Morgan fingerprint density at radius 1 is 1.00 bits per heavy atom. The number of hydrogen-bond donors (Lipinski definition) is 1. The van der Waals surface area contributed by atoms with Crippen LogP contribution in [0, 0.1) is 23.2 Å². The predicted molar refractivity (Wildman–Crippen MR) is 133 cm³/mol. The normalized spacial score (nSPS) is 24.2. The molecule has 2 aliphatic rings. The number of anilines is 1. The average Bonchev–Trinajstić information content (AvgIpc) is 3.25. The van der Waals surface area contributed by atoms with Gasteiger partial charge in [0.05, 0.1) is 28.2 Å². The first-order valence-electron chi connectivity index (χ1n) is 12.0. The number of carboxylic acid groups (broad SMARTS) is 1. The number of halogens is 8. The second-order valence-electron chi connectivity index (χ2n) is 9.73. The van der Waals surface area contributed by atoms with Crippen LogP contribution in [0.2, 0.25) is 10.0 Å². The summed E-state index contributed by atoms with van der Waals surface area (Å²) in [5.41, 5.74) is -3.58. The van der Waals surface area contributed by atoms with Crippen molar-refractivity contribution in [2.24, 2.45) is 11.8 Å². The number of hydrogen-bond acceptors (Lipinski definition) is 4. The highest BCUT2D eigenvalue weighted by molar-refractivity contribution is 6.33. The van der Waals surface area contributed by atoms with Crippen molar-refractivity contribution in [1.82, 2.24) is 4.90 Å². The van der Waals surface area contributed by atoms with Gasteiger partial charge >= 0.3 is 18.3 Å². The van der Waals surface area contributed by atoms with Gasteiger partial charge in [-0.2, -0.15) is 31.6 Å². The van der Waals surface area contributed by atoms with E-state index in [1.807, 2.05) is 0 Å². The summed E-state index contributed by atoms with van der Waals surface area (Å²) in [4.78, 5) is 28.3. The summed E-state index contributed by atoms with van der Waals surface area (Å²) in [7, 11) is 0. The summed E-state index contributed by atoms with van der Waals surface area (Å²) < 4.78 is 81.8. The molecule has 0 saturated carbocycles. The summed E-state index contributed by atoms with van der Waals surface area (Å²) >= 11 is 12.3. The molecule has 0 spiro atoms. The highest BCUT2D eigenvalue weighted by Crippen LogP contribution is 2.55. The lowest BCUT2D eigenvalue weighted by Crippen LogP contribution is -2.55. The van der Waals surface area contributed by atoms with Gasteiger partial charge in [-0.05, 0) is 42.7 Å². The number of likely N-dealkylation sites (tertiary alicyclic amines) is 1. The number of nitrogens with zero attached hydrogens (tertiary/aromatic N) is 3. The summed E-state index contributed by atoms with van der Waals surface area (Å²) in [6.07, 6.45) is -10.7. The predicted octanol–water partition coefficient (Wildman–Crippen LogP) is 6.73. The number of carboxylic acids is 1. The first-order valence-corrected chi connectivity index (χ1v) is 12.8. The first kappa shape index (κ1) is 29.8. The van der Waals surface area contributed by atoms with Crippen molar-refractivity contribution in [3.63, 3.8) is 0 Å². The molecule has 214 valence electrons. The number of rotatable bonds is 4. The molecule has 0 radical (unpaired) electrons. The highest BCUT2D eigenvalue weighted by atomic mass is 35.5. The van der Waals surface area contributed by atoms with Gasteiger partial charge in [-0.3, -0.25) is 4.79 Å². The van der Waals surface area contributed by atoms with Crippen LogP contribution in [0.1, 0.15) is 36.4 Å². The topological polar surface area (TPSA) is 84.6 Å². The Hall–Kier alpha value is -3.17. The monoisotopic (exact) mass is 607 g/mol. The molecule has 2 aromatic rings. The second kappa shape index (κ2) is 10.7. The Kier molecular flexibility index (Phi) is 7.95. The first-order chi connectivity index (χ1) is 18.6. The van der Waals surface area contributed by atoms with E-state index in [2.05, 4.69) is 0 Å². The lowest BCUT2D eigenvalue weighted by molar-refractivity contribution is -0.182. The fraction of sp³-hybridized carbons (Fsp3) is 0.423. The summed E-state index contributed by atoms with van der Waals surface area (Å²) in [5, 5.41) is 19.6. The molecule has 2 heterocycles. The lowest BCUT2D eigenvalue weighted by Gasteiger charge is -2.40. The molecule has 1 N–H and O–H groups in total. The largest absolute Gasteiger partial charge is 0.479 e. The van der Waals surface area contributed by atoms with Crippen molar-refractivity contribution >= 4 is 40.8 Å². The van der Waals surface area contributed by atoms with E-state index in [0.29, 0.717) is 4.90 Å². The van der Waals surface area contributed by atoms with Crippen molar-refractivity contribution in [3.8, 4) is 6.07 Å². The Labute approximate surface area is 234 Å². The van der Waals surface area contributed by atoms with Gasteiger partial charge in [-0.15, -0.1) is 0 Å². The molecule has 40 heavy (non-hydrogen) atoms. The van der Waals surface area contributed by atoms with Gasteiger partial charge in [0, 0.05) is 30.5 Å². The van der Waals surface area contributed by atoms with Gasteiger partial charge in [0.25, 0.3) is 0 Å². The van der Waals surface area contributed by atoms with E-state index in [-0.39, 0.29) is 47.2 Å². The van der Waals surface area contributed by atoms with E-state index in [0.717, 1.165) is 12.1 Å². The van der Waals surface area contributed by atoms with Crippen LogP contribution in [-0.2, 0) is 15.8 Å². The lowest BCUT2D eigenvalue weighted by atomic mass is 9.89. The molecule has 1 amide bonds. The van der Waals surface area contributed by atoms with Crippen molar-refractivity contribution in [3.05, 3.63) is 63.6 Å². The van der Waals surface area contributed by atoms with Gasteiger partial charge in [-0.25, -0.2) is 4.79 Å². The van der Waals surface area contributed by atoms with E-state index >= 15 is 0 Å². The number of amides is 1. The third-order valence-corrected chi connectivity index (χ3v) is 8.11. The molecular weight excluding hydrogens is 587 g/mol. The van der Waals surface area contributed by atoms with Gasteiger partial charge in [0.2, 0.25) is 11.4 Å². The van der Waals surface area contributed by atoms with Gasteiger partial charge in [0.15, 0.2) is 0 Å². The molecule has 2 aliphatic heterocycles. The quantitative estimate of drug-likeness (QED) is 0.390. The number of piperidine rings is 1. The van der Waals surface area contributed by atoms with Crippen LogP contribution in [0.25, 0.3) is 0 Å². The zero-order valence-electron chi connectivity index (χ0n) is 20.4. The fourth-order valence-corrected chi connectivity index (χ4v) is 6.03. The average molecular weight is 608 g/mol. The zero-order valence-corrected chi connectivity index (χ0v) is 21.9. The minimum Gasteiger partial charge on any atom is -0.479 e. The molecule has 0 aliphatic carbocycles. The number of nitriles is 1. The van der Waals surface area contributed by atoms with Crippen molar-refractivity contribution in [1.29, 1.82) is 5.26 Å². The summed E-state index contributed by atoms with van der Waals surface area (Å²) in [6, 6.07) is 7.88. The Bertz CT molecular complexity index is 1350. The maximum atomic E-state index is 14.3. The van der Waals surface area contributed by atoms with Gasteiger partial charge in [-0.1, -0.05) is 41.4 Å². The minimum absolute atomic E-state index is 0.0275. The van der Waals surface area contributed by atoms with E-state index < -0.39 is 59.6 Å². The Morgan fingerprint density at radius 3 is 2.12 bits per heavy atom. The summed E-state index contributed by atoms with van der Waals surface area (Å²) in [5.74, 6) is -6.17. The third kappa shape index (κ3) is 5.29. The van der Waals surface area contributed by atoms with Crippen LogP contribution in [-0.4, -0.2) is 46.7 Å². The fourth-order valence-electron chi connectivity index (χ4n) is 5.48. The molecule has 4 rings (SSSR count). The van der Waals surface area contributed by atoms with Crippen LogP contribution in [0.5, 0.6) is 0 Å². The van der Waals surface area contributed by atoms with Crippen LogP contribution in [0.4, 0.5) is 32.0 Å². The Morgan fingerprint density at radius 2 is 1.62 bits per heavy atom. The molecule has 14 heteroatoms. The van der Waals surface area contributed by atoms with Crippen molar-refractivity contribution in [2.75, 3.05) is 18.0 Å². The zero-order chi connectivity index (χ0) is 29.6. The standard InChI is InChI=1S/C26H21Cl2F6N3O3/c27-18-4-2-1-3-16(18)21-17(26(32,33)34)12-24(13-35,23(39)40)37(21)22(38)14-7-9-36(10-8-14)20-6-5-15(11-19(20)28)25(29,30)31/h1-6,11,14,17,21H,7-10,12H2,(H,39,40)/t17?,21-,24-/m0/s1. The number of carbonyl (C=O) groups is 2. The molecule has 0 bridgehead atoms.